The zero-order valence-electron chi connectivity index (χ0n) is 11.9. The molecule has 12 radical (unpaired) electrons. The van der Waals surface area contributed by atoms with Gasteiger partial charge in [-0.1, -0.05) is 0 Å². The first-order valence-corrected chi connectivity index (χ1v) is 3.74. The Balaban J connectivity index is -0.0000000313. The van der Waals surface area contributed by atoms with E-state index < -0.39 is 0 Å². The van der Waals surface area contributed by atoms with Crippen molar-refractivity contribution in [3.63, 3.8) is 0 Å². The largest absolute Gasteiger partial charge is 3.00 e. The van der Waals surface area contributed by atoms with Gasteiger partial charge in [0.2, 0.25) is 0 Å². The van der Waals surface area contributed by atoms with Crippen LogP contribution in [0.15, 0.2) is 0 Å². The molecule has 0 saturated heterocycles. The summed E-state index contributed by atoms with van der Waals surface area (Å²) in [6, 6.07) is 0. The molecular formula is C14H16O2Ru2+2. The van der Waals surface area contributed by atoms with Gasteiger partial charge in [0, 0.05) is 0 Å². The zero-order valence-corrected chi connectivity index (χ0v) is 13.4. The second-order valence-electron chi connectivity index (χ2n) is 1.92. The van der Waals surface area contributed by atoms with Crippen molar-refractivity contribution in [1.82, 2.24) is 0 Å². The summed E-state index contributed by atoms with van der Waals surface area (Å²) >= 11 is 0. The van der Waals surface area contributed by atoms with Crippen LogP contribution in [0.2, 0.25) is 0 Å². The molecule has 2 nitrogen and oxygen atoms in total. The molecule has 0 unspecified atom stereocenters. The minimum absolute atomic E-state index is 0. The first-order valence-electron chi connectivity index (χ1n) is 4.90. The summed E-state index contributed by atoms with van der Waals surface area (Å²) in [5.41, 5.74) is 0. The molecule has 0 amide bonds. The van der Waals surface area contributed by atoms with E-state index in [-0.39, 0.29) is 46.4 Å². The van der Waals surface area contributed by atoms with Crippen molar-refractivity contribution in [3.8, 4) is 0 Å². The van der Waals surface area contributed by atoms with Crippen molar-refractivity contribution in [2.24, 2.45) is 0 Å². The zero-order chi connectivity index (χ0) is 13.8. The van der Waals surface area contributed by atoms with Gasteiger partial charge in [-0.25, -0.2) is 2.74 Å². The Labute approximate surface area is 143 Å². The molecule has 0 aromatic carbocycles. The molecule has 2 fully saturated rings. The second kappa shape index (κ2) is 43.1. The summed E-state index contributed by atoms with van der Waals surface area (Å²) in [4.78, 5) is 0. The minimum atomic E-state index is 0. The van der Waals surface area contributed by atoms with Crippen LogP contribution in [-0.2, 0) is 48.3 Å². The normalized spacial score (nSPS) is 14.7. The molecule has 0 N–H and O–H groups in total. The predicted molar refractivity (Wildman–Crippen MR) is 63.7 cm³/mol. The summed E-state index contributed by atoms with van der Waals surface area (Å²) in [6.45, 7) is 9.00. The fourth-order valence-electron chi connectivity index (χ4n) is 0.642. The third kappa shape index (κ3) is 36.0. The molecule has 98 valence electrons. The van der Waals surface area contributed by atoms with E-state index in [2.05, 4.69) is 13.3 Å². The maximum absolute atomic E-state index is 7.50. The van der Waals surface area contributed by atoms with Crippen molar-refractivity contribution in [2.45, 2.75) is 0 Å². The third-order valence-electron chi connectivity index (χ3n) is 1.11. The first kappa shape index (κ1) is 27.1. The van der Waals surface area contributed by atoms with E-state index in [1.165, 1.54) is 0 Å². The first-order chi connectivity index (χ1) is 8.41. The molecular weight excluding hydrogens is 405 g/mol. The molecule has 0 aliphatic heterocycles. The summed E-state index contributed by atoms with van der Waals surface area (Å²) in [7, 11) is 0.500. The molecule has 0 bridgehead atoms. The van der Waals surface area contributed by atoms with Gasteiger partial charge >= 0.3 is 61.6 Å². The van der Waals surface area contributed by atoms with Crippen molar-refractivity contribution in [2.75, 3.05) is 0 Å². The predicted octanol–water partition coefficient (Wildman–Crippen LogP) is 2.86. The van der Waals surface area contributed by atoms with E-state index in [9.17, 15) is 0 Å². The van der Waals surface area contributed by atoms with Gasteiger partial charge in [0.25, 0.3) is 0 Å². The van der Waals surface area contributed by atoms with Gasteiger partial charge in [0.15, 0.2) is 0 Å². The van der Waals surface area contributed by atoms with Crippen LogP contribution >= 0.6 is 0 Å². The molecule has 0 aromatic rings. The van der Waals surface area contributed by atoms with Crippen LogP contribution in [0.4, 0.5) is 0 Å². The molecule has 0 heterocycles. The summed E-state index contributed by atoms with van der Waals surface area (Å²) in [5, 5.41) is 0. The van der Waals surface area contributed by atoms with E-state index in [0.717, 1.165) is 0 Å². The summed E-state index contributed by atoms with van der Waals surface area (Å²) in [5.74, 6) is 0. The Kier molecular flexibility index (Phi) is 65.0. The molecule has 2 rings (SSSR count). The monoisotopic (exact) mass is 425 g/mol. The number of rotatable bonds is 0. The van der Waals surface area contributed by atoms with Crippen molar-refractivity contribution < 1.29 is 51.0 Å². The van der Waals surface area contributed by atoms with Gasteiger partial charge in [-0.3, -0.25) is 0 Å². The van der Waals surface area contributed by atoms with E-state index in [4.69, 9.17) is 12.0 Å². The fraction of sp³-hybridized carbons (Fsp3) is 0. The molecule has 0 atom stereocenters. The molecule has 18 heavy (non-hydrogen) atoms. The van der Waals surface area contributed by atoms with Crippen LogP contribution < -0.4 is 0 Å². The molecule has 0 spiro atoms. The third-order valence-corrected chi connectivity index (χ3v) is 1.11. The number of hydrogen-bond acceptors (Lipinski definition) is 0. The topological polar surface area (TPSA) is 39.8 Å². The van der Waals surface area contributed by atoms with Gasteiger partial charge in [-0.15, -0.1) is 0 Å². The molecule has 2 aliphatic rings. The Hall–Kier alpha value is 0.727. The minimum Gasteiger partial charge on any atom is -0.358 e. The molecule has 2 saturated carbocycles. The summed E-state index contributed by atoms with van der Waals surface area (Å²) in [6.07, 6.45) is 20.0. The number of hydrogen-bond donors (Lipinski definition) is 0. The van der Waals surface area contributed by atoms with E-state index in [0.29, 0.717) is 7.38 Å². The van der Waals surface area contributed by atoms with Crippen molar-refractivity contribution in [1.29, 1.82) is 0 Å². The average molecular weight is 423 g/mol. The molecule has 0 aromatic heterocycles. The van der Waals surface area contributed by atoms with Crippen molar-refractivity contribution >= 4 is 0 Å². The Morgan fingerprint density at radius 1 is 0.611 bits per heavy atom. The van der Waals surface area contributed by atoms with Crippen LogP contribution in [0.5, 0.6) is 0 Å². The summed E-state index contributed by atoms with van der Waals surface area (Å²) < 4.78 is 26.5. The van der Waals surface area contributed by atoms with Gasteiger partial charge in [0.05, 0.1) is 0 Å². The van der Waals surface area contributed by atoms with E-state index in [1.54, 1.807) is 0 Å². The fourth-order valence-corrected chi connectivity index (χ4v) is 0.642. The maximum atomic E-state index is 7.50. The molecule has 4 heteroatoms. The maximum Gasteiger partial charge on any atom is 3.00 e. The smallest absolute Gasteiger partial charge is 0.358 e. The van der Waals surface area contributed by atoms with Crippen LogP contribution in [0.3, 0.4) is 0 Å². The standard InChI is InChI=1S/2C5H5.2CO.2CH3.2Ru/c2*1-2-4-5-3-1;2*1-2;;;;/h2*1-5H;;;2*1H3;;/q;;;;2*-1;+1;+3/i;;3*1+1;1D2;;. The van der Waals surface area contributed by atoms with Crippen molar-refractivity contribution in [3.05, 3.63) is 92.3 Å². The van der Waals surface area contributed by atoms with Gasteiger partial charge in [-0.2, -0.15) is 0 Å². The Morgan fingerprint density at radius 3 is 0.722 bits per heavy atom. The average Bonchev–Trinajstić information content (AvgIpc) is 3.13. The second-order valence-corrected chi connectivity index (χ2v) is 1.92. The van der Waals surface area contributed by atoms with Gasteiger partial charge in [0.1, 0.15) is 0 Å². The van der Waals surface area contributed by atoms with Crippen LogP contribution in [0.1, 0.15) is 2.74 Å². The Morgan fingerprint density at radius 2 is 0.667 bits per heavy atom. The van der Waals surface area contributed by atoms with Gasteiger partial charge in [-0.05, 0) is 64.2 Å². The van der Waals surface area contributed by atoms with Crippen LogP contribution in [-0.4, -0.2) is 0 Å². The Bertz CT molecular complexity index is 117. The van der Waals surface area contributed by atoms with Gasteiger partial charge < -0.3 is 14.8 Å². The van der Waals surface area contributed by atoms with Crippen LogP contribution in [0, 0.1) is 92.3 Å². The SMILES string of the molecule is [13C-]#[O+].[13C-]#[O+].[13CH3-].[2H][CH-][2H].[CH]1[CH][CH][CH][CH]1.[CH]1[CH][CH][CH][CH]1.[Ru+3].[Ru+]. The quantitative estimate of drug-likeness (QED) is 0.249. The molecule has 2 aliphatic carbocycles. The van der Waals surface area contributed by atoms with E-state index in [1.807, 2.05) is 64.2 Å². The van der Waals surface area contributed by atoms with Crippen LogP contribution in [0.25, 0.3) is 0 Å². The van der Waals surface area contributed by atoms with E-state index >= 15 is 0 Å².